The highest BCUT2D eigenvalue weighted by Crippen LogP contribution is 2.53. The molecule has 1 unspecified atom stereocenters. The first-order valence-corrected chi connectivity index (χ1v) is 14.2. The highest BCUT2D eigenvalue weighted by atomic mass is 35.5. The Hall–Kier alpha value is -4.22. The molecule has 2 aliphatic heterocycles. The normalized spacial score (nSPS) is 19.2. The minimum Gasteiger partial charge on any atom is -0.477 e. The fraction of sp³-hybridized carbons (Fsp3) is 0.333. The fourth-order valence-electron chi connectivity index (χ4n) is 7.07. The molecule has 10 nitrogen and oxygen atoms in total. The van der Waals surface area contributed by atoms with Crippen molar-refractivity contribution in [1.29, 1.82) is 0 Å². The summed E-state index contributed by atoms with van der Waals surface area (Å²) in [6, 6.07) is 3.34. The van der Waals surface area contributed by atoms with E-state index in [1.807, 2.05) is 0 Å². The summed E-state index contributed by atoms with van der Waals surface area (Å²) in [6.07, 6.45) is 6.20. The molecular formula is C30H29ClFN7O3. The van der Waals surface area contributed by atoms with Crippen molar-refractivity contribution in [3.8, 4) is 22.3 Å². The van der Waals surface area contributed by atoms with Gasteiger partial charge >= 0.3 is 5.97 Å². The van der Waals surface area contributed by atoms with Crippen LogP contribution in [0.25, 0.3) is 33.3 Å². The van der Waals surface area contributed by atoms with Crippen molar-refractivity contribution in [3.05, 3.63) is 68.6 Å². The molecule has 2 saturated heterocycles. The number of pyridine rings is 3. The molecule has 5 heterocycles. The molecule has 0 amide bonds. The van der Waals surface area contributed by atoms with Crippen LogP contribution in [-0.4, -0.2) is 77.4 Å². The van der Waals surface area contributed by atoms with Crippen LogP contribution >= 0.6 is 11.6 Å². The van der Waals surface area contributed by atoms with E-state index in [2.05, 4.69) is 32.6 Å². The van der Waals surface area contributed by atoms with Crippen LogP contribution < -0.4 is 21.1 Å². The number of carboxylic acids is 1. The van der Waals surface area contributed by atoms with Gasteiger partial charge in [0.15, 0.2) is 5.65 Å². The predicted octanol–water partition coefficient (Wildman–Crippen LogP) is 3.88. The number of fused-ring (bicyclic) bond motifs is 5. The van der Waals surface area contributed by atoms with Crippen molar-refractivity contribution in [2.45, 2.75) is 18.9 Å². The van der Waals surface area contributed by atoms with E-state index in [0.717, 1.165) is 54.1 Å². The van der Waals surface area contributed by atoms with Gasteiger partial charge in [-0.1, -0.05) is 11.6 Å². The molecule has 0 bridgehead atoms. The lowest BCUT2D eigenvalue weighted by Gasteiger charge is -2.31. The number of hydrogen-bond donors (Lipinski definition) is 3. The second-order valence-corrected chi connectivity index (χ2v) is 11.6. The van der Waals surface area contributed by atoms with Gasteiger partial charge in [0.2, 0.25) is 5.43 Å². The van der Waals surface area contributed by atoms with E-state index in [1.54, 1.807) is 32.6 Å². The monoisotopic (exact) mass is 589 g/mol. The molecule has 7 rings (SSSR count). The number of anilines is 2. The Morgan fingerprint density at radius 1 is 1.17 bits per heavy atom. The van der Waals surface area contributed by atoms with E-state index in [0.29, 0.717) is 34.8 Å². The molecule has 2 atom stereocenters. The van der Waals surface area contributed by atoms with Crippen LogP contribution in [0.1, 0.15) is 28.0 Å². The molecule has 0 saturated carbocycles. The van der Waals surface area contributed by atoms with Crippen molar-refractivity contribution in [1.82, 2.24) is 19.5 Å². The summed E-state index contributed by atoms with van der Waals surface area (Å²) in [5.41, 5.74) is 8.22. The Bertz CT molecular complexity index is 1880. The van der Waals surface area contributed by atoms with E-state index in [1.165, 1.54) is 16.9 Å². The fourth-order valence-corrected chi connectivity index (χ4v) is 7.34. The van der Waals surface area contributed by atoms with E-state index in [4.69, 9.17) is 16.6 Å². The third kappa shape index (κ3) is 3.80. The number of rotatable bonds is 5. The molecule has 2 fully saturated rings. The smallest absolute Gasteiger partial charge is 0.341 e. The van der Waals surface area contributed by atoms with Crippen LogP contribution in [0, 0.1) is 11.7 Å². The van der Waals surface area contributed by atoms with Crippen LogP contribution in [0.3, 0.4) is 0 Å². The van der Waals surface area contributed by atoms with E-state index in [-0.39, 0.29) is 22.0 Å². The Morgan fingerprint density at radius 3 is 2.71 bits per heavy atom. The van der Waals surface area contributed by atoms with Crippen LogP contribution in [0.15, 0.2) is 35.5 Å². The van der Waals surface area contributed by atoms with Gasteiger partial charge < -0.3 is 25.6 Å². The minimum atomic E-state index is -1.32. The molecule has 0 radical (unpaired) electrons. The number of carboxylic acid groups (broad SMARTS) is 1. The number of likely N-dealkylation sites (tertiary alicyclic amines) is 1. The van der Waals surface area contributed by atoms with Crippen molar-refractivity contribution >= 4 is 40.0 Å². The topological polar surface area (TPSA) is 116 Å². The number of benzene rings is 1. The number of nitrogens with one attached hydrogen (secondary N) is 2. The average molecular weight is 590 g/mol. The Morgan fingerprint density at radius 2 is 1.98 bits per heavy atom. The van der Waals surface area contributed by atoms with E-state index >= 15 is 4.39 Å². The summed E-state index contributed by atoms with van der Waals surface area (Å²) >= 11 is 6.71. The molecule has 216 valence electrons. The van der Waals surface area contributed by atoms with Crippen molar-refractivity contribution in [3.63, 3.8) is 0 Å². The van der Waals surface area contributed by atoms with Gasteiger partial charge in [0, 0.05) is 92.7 Å². The molecular weight excluding hydrogens is 561 g/mol. The van der Waals surface area contributed by atoms with Crippen molar-refractivity contribution < 1.29 is 14.3 Å². The third-order valence-electron chi connectivity index (χ3n) is 8.96. The minimum absolute atomic E-state index is 0.0573. The third-order valence-corrected chi connectivity index (χ3v) is 9.33. The lowest BCUT2D eigenvalue weighted by Crippen LogP contribution is -2.35. The van der Waals surface area contributed by atoms with Gasteiger partial charge in [0.25, 0.3) is 0 Å². The van der Waals surface area contributed by atoms with E-state index < -0.39 is 17.2 Å². The number of aromatic carboxylic acids is 1. The summed E-state index contributed by atoms with van der Waals surface area (Å²) < 4.78 is 16.6. The number of halogens is 2. The first kappa shape index (κ1) is 26.7. The summed E-state index contributed by atoms with van der Waals surface area (Å²) in [4.78, 5) is 39.3. The number of hydrogen-bond acceptors (Lipinski definition) is 8. The SMILES string of the molecule is CNc1cc(F)c(Cl)c2c1Cc1ncc(-c3cnc4c(c3)c(=O)c(C(=O)O)cn4NC)c(N3CC[C@H]4CN(C)CC43)c1-2. The Balaban J connectivity index is 1.52. The second-order valence-electron chi connectivity index (χ2n) is 11.2. The maximum atomic E-state index is 15.2. The zero-order valence-electron chi connectivity index (χ0n) is 23.3. The highest BCUT2D eigenvalue weighted by Gasteiger charge is 2.43. The molecule has 1 aromatic carbocycles. The molecule has 3 aromatic heterocycles. The lowest BCUT2D eigenvalue weighted by molar-refractivity contribution is 0.0695. The number of carbonyl (C=O) groups is 1. The molecule has 4 aromatic rings. The number of likely N-dealkylation sites (N-methyl/N-ethyl adjacent to an activating group) is 1. The number of aromatic nitrogens is 3. The van der Waals surface area contributed by atoms with Crippen molar-refractivity contribution in [2.24, 2.45) is 5.92 Å². The largest absolute Gasteiger partial charge is 0.477 e. The molecule has 12 heteroatoms. The average Bonchev–Trinajstić information content (AvgIpc) is 3.66. The molecule has 3 N–H and O–H groups in total. The Labute approximate surface area is 245 Å². The van der Waals surface area contributed by atoms with Gasteiger partial charge in [0.05, 0.1) is 21.8 Å². The van der Waals surface area contributed by atoms with Gasteiger partial charge in [-0.05, 0) is 37.1 Å². The van der Waals surface area contributed by atoms with Gasteiger partial charge in [0.1, 0.15) is 11.4 Å². The van der Waals surface area contributed by atoms with Crippen molar-refractivity contribution in [2.75, 3.05) is 56.4 Å². The summed E-state index contributed by atoms with van der Waals surface area (Å²) in [6.45, 7) is 2.70. The summed E-state index contributed by atoms with van der Waals surface area (Å²) in [5.74, 6) is -1.35. The first-order chi connectivity index (χ1) is 20.2. The lowest BCUT2D eigenvalue weighted by atomic mass is 9.96. The zero-order chi connectivity index (χ0) is 29.4. The summed E-state index contributed by atoms with van der Waals surface area (Å²) in [7, 11) is 5.50. The zero-order valence-corrected chi connectivity index (χ0v) is 24.1. The van der Waals surface area contributed by atoms with Gasteiger partial charge in [-0.3, -0.25) is 9.78 Å². The molecule has 42 heavy (non-hydrogen) atoms. The second kappa shape index (κ2) is 9.67. The molecule has 0 spiro atoms. The predicted molar refractivity (Wildman–Crippen MR) is 161 cm³/mol. The highest BCUT2D eigenvalue weighted by molar-refractivity contribution is 6.34. The van der Waals surface area contributed by atoms with Crippen LogP contribution in [0.4, 0.5) is 15.8 Å². The Kier molecular flexibility index (Phi) is 6.14. The van der Waals surface area contributed by atoms with E-state index in [9.17, 15) is 14.7 Å². The number of nitrogens with zero attached hydrogens (tertiary/aromatic N) is 5. The van der Waals surface area contributed by atoms with Gasteiger partial charge in [-0.15, -0.1) is 0 Å². The first-order valence-electron chi connectivity index (χ1n) is 13.8. The summed E-state index contributed by atoms with van der Waals surface area (Å²) in [5, 5.41) is 13.0. The van der Waals surface area contributed by atoms with Crippen LogP contribution in [0.5, 0.6) is 0 Å². The molecule has 3 aliphatic rings. The van der Waals surface area contributed by atoms with Crippen LogP contribution in [0.2, 0.25) is 5.02 Å². The van der Waals surface area contributed by atoms with Crippen LogP contribution in [-0.2, 0) is 6.42 Å². The maximum Gasteiger partial charge on any atom is 0.341 e. The standard InChI is InChI=1S/C30H29ClFN7O3/c1-33-21-8-20(32)26(31)24-16(21)7-22-25(24)27(38-5-4-14-11-37(3)13-23(14)38)18(10-35-22)15-6-17-28(40)19(30(41)42)12-39(34-2)29(17)36-9-15/h6,8-10,12,14,23,33-34H,4-5,7,11,13H2,1-3H3,(H,41,42)/t14-,23?/m0/s1. The maximum absolute atomic E-state index is 15.2. The molecule has 1 aliphatic carbocycles. The quantitative estimate of drug-likeness (QED) is 0.281. The van der Waals surface area contributed by atoms with Gasteiger partial charge in [-0.25, -0.2) is 18.8 Å². The van der Waals surface area contributed by atoms with Gasteiger partial charge in [-0.2, -0.15) is 0 Å².